The molecule has 25 heavy (non-hydrogen) atoms. The van der Waals surface area contributed by atoms with Gasteiger partial charge in [0.25, 0.3) is 6.01 Å². The molecule has 3 aromatic rings. The van der Waals surface area contributed by atoms with E-state index in [0.717, 1.165) is 18.5 Å². The first kappa shape index (κ1) is 17.0. The van der Waals surface area contributed by atoms with Crippen molar-refractivity contribution < 1.29 is 13.5 Å². The Morgan fingerprint density at radius 3 is 2.84 bits per heavy atom. The number of fused-ring (bicyclic) bond motifs is 1. The topological polar surface area (TPSA) is 73.3 Å². The van der Waals surface area contributed by atoms with E-state index < -0.39 is 0 Å². The zero-order chi connectivity index (χ0) is 17.5. The van der Waals surface area contributed by atoms with E-state index in [1.807, 2.05) is 18.2 Å². The maximum absolute atomic E-state index is 12.5. The average Bonchev–Trinajstić information content (AvgIpc) is 3.05. The van der Waals surface area contributed by atoms with Crippen molar-refractivity contribution in [2.24, 2.45) is 5.73 Å². The molecular weight excluding hydrogens is 321 g/mol. The summed E-state index contributed by atoms with van der Waals surface area (Å²) in [5, 5.41) is 3.18. The zero-order valence-electron chi connectivity index (χ0n) is 13.7. The van der Waals surface area contributed by atoms with E-state index in [4.69, 9.17) is 14.9 Å². The van der Waals surface area contributed by atoms with E-state index >= 15 is 0 Å². The summed E-state index contributed by atoms with van der Waals surface area (Å²) < 4.78 is 23.7. The maximum atomic E-state index is 12.5. The van der Waals surface area contributed by atoms with Crippen molar-refractivity contribution in [2.45, 2.75) is 6.42 Å². The smallest absolute Gasteiger partial charge is 0.295 e. The van der Waals surface area contributed by atoms with Gasteiger partial charge in [-0.05, 0) is 24.1 Å². The van der Waals surface area contributed by atoms with Gasteiger partial charge < -0.3 is 20.2 Å². The lowest BCUT2D eigenvalue weighted by atomic mass is 10.1. The van der Waals surface area contributed by atoms with Crippen LogP contribution in [0.4, 0.5) is 10.4 Å². The molecule has 6 heteroatoms. The van der Waals surface area contributed by atoms with Gasteiger partial charge in [0.05, 0.1) is 6.33 Å². The highest BCUT2D eigenvalue weighted by Crippen LogP contribution is 2.24. The molecule has 1 heterocycles. The number of benzene rings is 2. The zero-order valence-corrected chi connectivity index (χ0v) is 13.7. The van der Waals surface area contributed by atoms with E-state index in [0.29, 0.717) is 29.3 Å². The van der Waals surface area contributed by atoms with Crippen molar-refractivity contribution in [3.8, 4) is 5.75 Å². The van der Waals surface area contributed by atoms with Crippen LogP contribution < -0.4 is 15.8 Å². The van der Waals surface area contributed by atoms with Crippen molar-refractivity contribution in [2.75, 3.05) is 25.0 Å². The van der Waals surface area contributed by atoms with Crippen LogP contribution in [0.15, 0.2) is 64.9 Å². The molecule has 0 fully saturated rings. The van der Waals surface area contributed by atoms with Gasteiger partial charge in [0.15, 0.2) is 5.58 Å². The maximum Gasteiger partial charge on any atom is 0.295 e. The first-order valence-electron chi connectivity index (χ1n) is 8.08. The van der Waals surface area contributed by atoms with Gasteiger partial charge in [0, 0.05) is 24.7 Å². The molecular formula is C19H20FN3O2. The van der Waals surface area contributed by atoms with Crippen LogP contribution in [0.25, 0.3) is 11.1 Å². The number of nitrogens with zero attached hydrogens (tertiary/aromatic N) is 1. The van der Waals surface area contributed by atoms with Gasteiger partial charge >= 0.3 is 0 Å². The standard InChI is InChI=1S/C19H20FN3O2/c20-11-15(12-21)13-24-16-6-7-17-18(10-16)25-19(23-17)22-9-8-14-4-2-1-3-5-14/h1-7,10-11H,8-9,12-13,21H2,(H,22,23)/b15-11+. The van der Waals surface area contributed by atoms with Crippen molar-refractivity contribution in [1.29, 1.82) is 0 Å². The van der Waals surface area contributed by atoms with Crippen LogP contribution in [0, 0.1) is 0 Å². The highest BCUT2D eigenvalue weighted by Gasteiger charge is 2.07. The molecule has 0 radical (unpaired) electrons. The molecule has 3 N–H and O–H groups in total. The lowest BCUT2D eigenvalue weighted by Gasteiger charge is -2.06. The minimum absolute atomic E-state index is 0.106. The highest BCUT2D eigenvalue weighted by molar-refractivity contribution is 5.76. The summed E-state index contributed by atoms with van der Waals surface area (Å²) in [6.45, 7) is 0.951. The third-order valence-corrected chi connectivity index (χ3v) is 3.73. The first-order valence-corrected chi connectivity index (χ1v) is 8.08. The number of hydrogen-bond donors (Lipinski definition) is 2. The van der Waals surface area contributed by atoms with Crippen molar-refractivity contribution in [3.63, 3.8) is 0 Å². The molecule has 5 nitrogen and oxygen atoms in total. The van der Waals surface area contributed by atoms with Crippen molar-refractivity contribution in [1.82, 2.24) is 4.98 Å². The van der Waals surface area contributed by atoms with Gasteiger partial charge in [0.1, 0.15) is 17.9 Å². The Labute approximate surface area is 145 Å². The van der Waals surface area contributed by atoms with Gasteiger partial charge in [-0.3, -0.25) is 0 Å². The second-order valence-corrected chi connectivity index (χ2v) is 5.57. The second-order valence-electron chi connectivity index (χ2n) is 5.57. The molecule has 1 aromatic heterocycles. The molecule has 130 valence electrons. The quantitative estimate of drug-likeness (QED) is 0.654. The lowest BCUT2D eigenvalue weighted by molar-refractivity contribution is 0.347. The molecule has 0 saturated heterocycles. The van der Waals surface area contributed by atoms with Crippen molar-refractivity contribution >= 4 is 17.1 Å². The fraction of sp³-hybridized carbons (Fsp3) is 0.211. The Kier molecular flexibility index (Phi) is 5.64. The number of nitrogens with two attached hydrogens (primary N) is 1. The van der Waals surface area contributed by atoms with Crippen molar-refractivity contribution in [3.05, 3.63) is 66.0 Å². The summed E-state index contributed by atoms with van der Waals surface area (Å²) in [4.78, 5) is 4.39. The number of halogens is 1. The molecule has 0 unspecified atom stereocenters. The normalized spacial score (nSPS) is 11.7. The van der Waals surface area contributed by atoms with Crippen LogP contribution >= 0.6 is 0 Å². The largest absolute Gasteiger partial charge is 0.489 e. The minimum atomic E-state index is 0.106. The number of aromatic nitrogens is 1. The third-order valence-electron chi connectivity index (χ3n) is 3.73. The van der Waals surface area contributed by atoms with E-state index in [1.54, 1.807) is 18.2 Å². The van der Waals surface area contributed by atoms with E-state index in [2.05, 4.69) is 22.4 Å². The lowest BCUT2D eigenvalue weighted by Crippen LogP contribution is -2.10. The Hall–Kier alpha value is -2.86. The summed E-state index contributed by atoms with van der Waals surface area (Å²) >= 11 is 0. The molecule has 0 aliphatic rings. The number of hydrogen-bond acceptors (Lipinski definition) is 5. The van der Waals surface area contributed by atoms with Crippen LogP contribution in [0.3, 0.4) is 0 Å². The Balaban J connectivity index is 1.60. The second kappa shape index (κ2) is 8.30. The number of nitrogens with one attached hydrogen (secondary N) is 1. The molecule has 0 spiro atoms. The number of anilines is 1. The molecule has 0 atom stereocenters. The van der Waals surface area contributed by atoms with Gasteiger partial charge in [-0.15, -0.1) is 0 Å². The molecule has 0 aliphatic carbocycles. The van der Waals surface area contributed by atoms with Gasteiger partial charge in [-0.25, -0.2) is 4.39 Å². The summed E-state index contributed by atoms with van der Waals surface area (Å²) in [6, 6.07) is 16.0. The Morgan fingerprint density at radius 2 is 2.08 bits per heavy atom. The molecule has 0 aliphatic heterocycles. The molecule has 0 bridgehead atoms. The van der Waals surface area contributed by atoms with Crippen LogP contribution in [0.5, 0.6) is 5.75 Å². The predicted octanol–water partition coefficient (Wildman–Crippen LogP) is 3.67. The molecule has 2 aromatic carbocycles. The fourth-order valence-corrected chi connectivity index (χ4v) is 2.34. The van der Waals surface area contributed by atoms with Crippen LogP contribution in [0.2, 0.25) is 0 Å². The Morgan fingerprint density at radius 1 is 1.24 bits per heavy atom. The predicted molar refractivity (Wildman–Crippen MR) is 96.4 cm³/mol. The molecule has 3 rings (SSSR count). The van der Waals surface area contributed by atoms with Gasteiger partial charge in [0.2, 0.25) is 0 Å². The molecule has 0 saturated carbocycles. The van der Waals surface area contributed by atoms with Gasteiger partial charge in [-0.1, -0.05) is 30.3 Å². The fourth-order valence-electron chi connectivity index (χ4n) is 2.34. The summed E-state index contributed by atoms with van der Waals surface area (Å²) in [7, 11) is 0. The van der Waals surface area contributed by atoms with E-state index in [-0.39, 0.29) is 13.2 Å². The molecule has 0 amide bonds. The third kappa shape index (κ3) is 4.58. The van der Waals surface area contributed by atoms with Crippen LogP contribution in [-0.4, -0.2) is 24.7 Å². The summed E-state index contributed by atoms with van der Waals surface area (Å²) in [6.07, 6.45) is 1.35. The van der Waals surface area contributed by atoms with Crippen LogP contribution in [-0.2, 0) is 6.42 Å². The summed E-state index contributed by atoms with van der Waals surface area (Å²) in [5.41, 5.74) is 8.38. The SMILES string of the molecule is NC/C(=C\F)COc1ccc2nc(NCCc3ccccc3)oc2c1. The first-order chi connectivity index (χ1) is 12.3. The van der Waals surface area contributed by atoms with E-state index in [9.17, 15) is 4.39 Å². The van der Waals surface area contributed by atoms with E-state index in [1.165, 1.54) is 5.56 Å². The minimum Gasteiger partial charge on any atom is -0.489 e. The average molecular weight is 341 g/mol. The number of rotatable bonds is 8. The van der Waals surface area contributed by atoms with Crippen LogP contribution in [0.1, 0.15) is 5.56 Å². The highest BCUT2D eigenvalue weighted by atomic mass is 19.1. The van der Waals surface area contributed by atoms with Gasteiger partial charge in [-0.2, -0.15) is 4.98 Å². The monoisotopic (exact) mass is 341 g/mol. The number of oxazole rings is 1. The number of ether oxygens (including phenoxy) is 1. The summed E-state index contributed by atoms with van der Waals surface area (Å²) in [5.74, 6) is 0.576. The Bertz CT molecular complexity index is 846.